The minimum atomic E-state index is -0.300. The summed E-state index contributed by atoms with van der Waals surface area (Å²) in [5, 5.41) is 10.1. The van der Waals surface area contributed by atoms with Gasteiger partial charge in [-0.05, 0) is 26.2 Å². The maximum Gasteiger partial charge on any atom is 0.287 e. The second kappa shape index (κ2) is 6.74. The summed E-state index contributed by atoms with van der Waals surface area (Å²) < 4.78 is 1.30. The van der Waals surface area contributed by atoms with Gasteiger partial charge in [0.1, 0.15) is 5.02 Å². The highest BCUT2D eigenvalue weighted by Gasteiger charge is 2.22. The Morgan fingerprint density at radius 1 is 1.55 bits per heavy atom. The van der Waals surface area contributed by atoms with Crippen molar-refractivity contribution in [3.8, 4) is 0 Å². The lowest BCUT2D eigenvalue weighted by atomic mass is 10.3. The third kappa shape index (κ3) is 3.96. The van der Waals surface area contributed by atoms with Gasteiger partial charge in [0.25, 0.3) is 5.56 Å². The van der Waals surface area contributed by atoms with Gasteiger partial charge in [0.2, 0.25) is 5.91 Å². The molecule has 6 nitrogen and oxygen atoms in total. The molecule has 110 valence electrons. The van der Waals surface area contributed by atoms with Crippen LogP contribution in [0.1, 0.15) is 32.6 Å². The topological polar surface area (TPSA) is 76.0 Å². The number of aromatic nitrogens is 2. The molecule has 1 aliphatic rings. The molecule has 1 aliphatic carbocycles. The minimum absolute atomic E-state index is 0.0833. The van der Waals surface area contributed by atoms with Crippen molar-refractivity contribution < 1.29 is 4.79 Å². The Hall–Kier alpha value is -1.56. The summed E-state index contributed by atoms with van der Waals surface area (Å²) in [4.78, 5) is 23.2. The molecule has 1 aromatic rings. The van der Waals surface area contributed by atoms with Gasteiger partial charge < -0.3 is 10.6 Å². The van der Waals surface area contributed by atoms with Crippen molar-refractivity contribution in [3.05, 3.63) is 21.6 Å². The first-order valence-corrected chi connectivity index (χ1v) is 7.28. The number of hydrogen-bond donors (Lipinski definition) is 2. The molecule has 7 heteroatoms. The van der Waals surface area contributed by atoms with Gasteiger partial charge in [0.05, 0.1) is 11.9 Å². The standard InChI is InChI=1S/C13H19ClN4O2/c1-2-18-13(20)12(14)10(8-16-18)15-7-3-4-11(19)17-9-5-6-9/h8-9,15H,2-7H2,1H3,(H,17,19). The maximum absolute atomic E-state index is 11.8. The highest BCUT2D eigenvalue weighted by atomic mass is 35.5. The molecule has 2 rings (SSSR count). The molecule has 1 amide bonds. The number of halogens is 1. The van der Waals surface area contributed by atoms with Crippen molar-refractivity contribution in [2.24, 2.45) is 0 Å². The van der Waals surface area contributed by atoms with Crippen LogP contribution in [0.25, 0.3) is 0 Å². The van der Waals surface area contributed by atoms with Crippen LogP contribution in [0, 0.1) is 0 Å². The molecule has 0 aromatic carbocycles. The predicted molar refractivity (Wildman–Crippen MR) is 78.1 cm³/mol. The summed E-state index contributed by atoms with van der Waals surface area (Å²) in [6.45, 7) is 2.89. The predicted octanol–water partition coefficient (Wildman–Crippen LogP) is 1.39. The van der Waals surface area contributed by atoms with Crippen LogP contribution in [0.15, 0.2) is 11.0 Å². The van der Waals surface area contributed by atoms with Crippen LogP contribution in [0.5, 0.6) is 0 Å². The molecule has 2 N–H and O–H groups in total. The van der Waals surface area contributed by atoms with Gasteiger partial charge in [0.15, 0.2) is 0 Å². The normalized spacial score (nSPS) is 14.1. The average Bonchev–Trinajstić information content (AvgIpc) is 3.23. The fourth-order valence-corrected chi connectivity index (χ4v) is 2.03. The molecule has 20 heavy (non-hydrogen) atoms. The Balaban J connectivity index is 1.77. The summed E-state index contributed by atoms with van der Waals surface area (Å²) in [6, 6.07) is 0.399. The zero-order valence-corrected chi connectivity index (χ0v) is 12.2. The Bertz CT molecular complexity index is 540. The smallest absolute Gasteiger partial charge is 0.287 e. The van der Waals surface area contributed by atoms with Gasteiger partial charge in [-0.15, -0.1) is 0 Å². The molecule has 1 saturated carbocycles. The van der Waals surface area contributed by atoms with E-state index >= 15 is 0 Å². The van der Waals surface area contributed by atoms with Crippen molar-refractivity contribution in [1.82, 2.24) is 15.1 Å². The molecule has 0 bridgehead atoms. The number of carbonyl (C=O) groups excluding carboxylic acids is 1. The van der Waals surface area contributed by atoms with E-state index in [1.807, 2.05) is 6.92 Å². The van der Waals surface area contributed by atoms with Crippen LogP contribution in [0.4, 0.5) is 5.69 Å². The number of carbonyl (C=O) groups is 1. The highest BCUT2D eigenvalue weighted by Crippen LogP contribution is 2.19. The van der Waals surface area contributed by atoms with Crippen LogP contribution < -0.4 is 16.2 Å². The number of nitrogens with zero attached hydrogens (tertiary/aromatic N) is 2. The number of hydrogen-bond acceptors (Lipinski definition) is 4. The van der Waals surface area contributed by atoms with Crippen molar-refractivity contribution in [1.29, 1.82) is 0 Å². The maximum atomic E-state index is 11.8. The molecule has 0 unspecified atom stereocenters. The lowest BCUT2D eigenvalue weighted by molar-refractivity contribution is -0.121. The van der Waals surface area contributed by atoms with E-state index in [1.165, 1.54) is 10.9 Å². The SMILES string of the molecule is CCn1ncc(NCCCC(=O)NC2CC2)c(Cl)c1=O. The molecular weight excluding hydrogens is 280 g/mol. The second-order valence-corrected chi connectivity index (χ2v) is 5.24. The molecule has 0 radical (unpaired) electrons. The summed E-state index contributed by atoms with van der Waals surface area (Å²) in [5.74, 6) is 0.0833. The molecule has 0 atom stereocenters. The molecular formula is C13H19ClN4O2. The van der Waals surface area contributed by atoms with E-state index in [0.29, 0.717) is 37.7 Å². The Morgan fingerprint density at radius 3 is 2.95 bits per heavy atom. The van der Waals surface area contributed by atoms with Crippen LogP contribution in [-0.2, 0) is 11.3 Å². The van der Waals surface area contributed by atoms with E-state index in [-0.39, 0.29) is 16.5 Å². The molecule has 0 aliphatic heterocycles. The van der Waals surface area contributed by atoms with Gasteiger partial charge in [-0.3, -0.25) is 9.59 Å². The summed E-state index contributed by atoms with van der Waals surface area (Å²) in [5.41, 5.74) is 0.217. The summed E-state index contributed by atoms with van der Waals surface area (Å²) in [7, 11) is 0. The van der Waals surface area contributed by atoms with Crippen LogP contribution in [-0.4, -0.2) is 28.3 Å². The first kappa shape index (κ1) is 14.8. The molecule has 1 heterocycles. The quantitative estimate of drug-likeness (QED) is 0.746. The van der Waals surface area contributed by atoms with Crippen molar-refractivity contribution >= 4 is 23.2 Å². The zero-order valence-electron chi connectivity index (χ0n) is 11.5. The van der Waals surface area contributed by atoms with Gasteiger partial charge in [-0.1, -0.05) is 11.6 Å². The van der Waals surface area contributed by atoms with Crippen LogP contribution in [0.3, 0.4) is 0 Å². The van der Waals surface area contributed by atoms with Gasteiger partial charge >= 0.3 is 0 Å². The van der Waals surface area contributed by atoms with E-state index in [9.17, 15) is 9.59 Å². The molecule has 1 fully saturated rings. The van der Waals surface area contributed by atoms with E-state index in [1.54, 1.807) is 0 Å². The van der Waals surface area contributed by atoms with Gasteiger partial charge in [0, 0.05) is 25.6 Å². The van der Waals surface area contributed by atoms with E-state index in [0.717, 1.165) is 12.8 Å². The highest BCUT2D eigenvalue weighted by molar-refractivity contribution is 6.32. The first-order valence-electron chi connectivity index (χ1n) is 6.90. The van der Waals surface area contributed by atoms with E-state index < -0.39 is 0 Å². The van der Waals surface area contributed by atoms with Crippen LogP contribution in [0.2, 0.25) is 5.02 Å². The Morgan fingerprint density at radius 2 is 2.30 bits per heavy atom. The molecule has 0 saturated heterocycles. The summed E-state index contributed by atoms with van der Waals surface area (Å²) in [6.07, 6.45) is 4.89. The largest absolute Gasteiger partial charge is 0.382 e. The third-order valence-corrected chi connectivity index (χ3v) is 3.49. The van der Waals surface area contributed by atoms with Crippen LogP contribution >= 0.6 is 11.6 Å². The number of rotatable bonds is 7. The zero-order chi connectivity index (χ0) is 14.5. The number of nitrogens with one attached hydrogen (secondary N) is 2. The van der Waals surface area contributed by atoms with Crippen molar-refractivity contribution in [2.45, 2.75) is 45.2 Å². The monoisotopic (exact) mass is 298 g/mol. The third-order valence-electron chi connectivity index (χ3n) is 3.12. The fraction of sp³-hybridized carbons (Fsp3) is 0.615. The molecule has 1 aromatic heterocycles. The van der Waals surface area contributed by atoms with Gasteiger partial charge in [-0.2, -0.15) is 5.10 Å². The van der Waals surface area contributed by atoms with Crippen molar-refractivity contribution in [2.75, 3.05) is 11.9 Å². The molecule has 0 spiro atoms. The Kier molecular flexibility index (Phi) is 5.00. The van der Waals surface area contributed by atoms with Crippen molar-refractivity contribution in [3.63, 3.8) is 0 Å². The average molecular weight is 299 g/mol. The Labute approximate surface area is 122 Å². The van der Waals surface area contributed by atoms with E-state index in [4.69, 9.17) is 11.6 Å². The van der Waals surface area contributed by atoms with E-state index in [2.05, 4.69) is 15.7 Å². The minimum Gasteiger partial charge on any atom is -0.382 e. The lowest BCUT2D eigenvalue weighted by Crippen LogP contribution is -2.26. The lowest BCUT2D eigenvalue weighted by Gasteiger charge is -2.09. The van der Waals surface area contributed by atoms with Gasteiger partial charge in [-0.25, -0.2) is 4.68 Å². The number of aryl methyl sites for hydroxylation is 1. The first-order chi connectivity index (χ1) is 9.61. The fourth-order valence-electron chi connectivity index (χ4n) is 1.81. The second-order valence-electron chi connectivity index (χ2n) is 4.87. The number of anilines is 1. The summed E-state index contributed by atoms with van der Waals surface area (Å²) >= 11 is 5.98. The number of amides is 1.